The first-order valence-electron chi connectivity index (χ1n) is 10.3. The molecule has 0 saturated carbocycles. The molecule has 0 saturated heterocycles. The van der Waals surface area contributed by atoms with Crippen LogP contribution in [0.4, 0.5) is 0 Å². The summed E-state index contributed by atoms with van der Waals surface area (Å²) < 4.78 is 11.9. The number of carbonyl (C=O) groups excluding carboxylic acids is 1. The predicted octanol–water partition coefficient (Wildman–Crippen LogP) is 7.40. The fourth-order valence-electron chi connectivity index (χ4n) is 3.67. The topological polar surface area (TPSA) is 35.5 Å². The first kappa shape index (κ1) is 22.1. The van der Waals surface area contributed by atoms with Crippen LogP contribution in [0.15, 0.2) is 41.8 Å². The second kappa shape index (κ2) is 9.05. The zero-order valence-electron chi connectivity index (χ0n) is 18.8. The average molecular weight is 423 g/mol. The third kappa shape index (κ3) is 4.29. The number of benzene rings is 2. The van der Waals surface area contributed by atoms with Gasteiger partial charge in [0.15, 0.2) is 0 Å². The Morgan fingerprint density at radius 3 is 2.33 bits per heavy atom. The molecule has 0 fully saturated rings. The fraction of sp³-hybridized carbons (Fsp3) is 0.346. The van der Waals surface area contributed by atoms with Crippen molar-refractivity contribution < 1.29 is 14.3 Å². The summed E-state index contributed by atoms with van der Waals surface area (Å²) >= 11 is 1.73. The van der Waals surface area contributed by atoms with Crippen LogP contribution in [0.2, 0.25) is 0 Å². The predicted molar refractivity (Wildman–Crippen MR) is 128 cm³/mol. The fourth-order valence-corrected chi connectivity index (χ4v) is 4.61. The lowest BCUT2D eigenvalue weighted by atomic mass is 9.89. The number of fused-ring (bicyclic) bond motifs is 1. The van der Waals surface area contributed by atoms with Crippen molar-refractivity contribution in [2.45, 2.75) is 46.5 Å². The molecule has 1 aromatic heterocycles. The third-order valence-electron chi connectivity index (χ3n) is 5.49. The van der Waals surface area contributed by atoms with Crippen molar-refractivity contribution in [3.63, 3.8) is 0 Å². The molecule has 0 atom stereocenters. The molecule has 0 aliphatic carbocycles. The van der Waals surface area contributed by atoms with E-state index >= 15 is 0 Å². The molecule has 1 heterocycles. The van der Waals surface area contributed by atoms with Gasteiger partial charge in [0.2, 0.25) is 0 Å². The lowest BCUT2D eigenvalue weighted by Gasteiger charge is -2.20. The van der Waals surface area contributed by atoms with E-state index in [-0.39, 0.29) is 5.97 Å². The van der Waals surface area contributed by atoms with E-state index in [1.807, 2.05) is 6.92 Å². The van der Waals surface area contributed by atoms with Gasteiger partial charge in [-0.15, -0.1) is 11.3 Å². The Balaban J connectivity index is 2.25. The highest BCUT2D eigenvalue weighted by molar-refractivity contribution is 7.17. The van der Waals surface area contributed by atoms with Crippen LogP contribution >= 0.6 is 11.3 Å². The standard InChI is InChI=1S/C26H30O3S/c1-15(2)19-12-20(16(3)4)26(29-7)22(13-19)23-14-30-24-9-8-18(11-21(23)24)17(5)10-25(27)28-6/h8-16H,1-7H3. The first-order valence-corrected chi connectivity index (χ1v) is 11.1. The normalized spacial score (nSPS) is 12.1. The van der Waals surface area contributed by atoms with Crippen molar-refractivity contribution in [1.29, 1.82) is 0 Å². The van der Waals surface area contributed by atoms with Gasteiger partial charge < -0.3 is 9.47 Å². The number of hydrogen-bond acceptors (Lipinski definition) is 4. The number of allylic oxidation sites excluding steroid dienone is 1. The van der Waals surface area contributed by atoms with Crippen molar-refractivity contribution in [3.8, 4) is 16.9 Å². The molecular formula is C26H30O3S. The van der Waals surface area contributed by atoms with Gasteiger partial charge in [0.05, 0.1) is 14.2 Å². The molecule has 0 aliphatic heterocycles. The van der Waals surface area contributed by atoms with Gasteiger partial charge in [0, 0.05) is 27.3 Å². The third-order valence-corrected chi connectivity index (χ3v) is 6.45. The highest BCUT2D eigenvalue weighted by Gasteiger charge is 2.19. The first-order chi connectivity index (χ1) is 14.3. The lowest BCUT2D eigenvalue weighted by molar-refractivity contribution is -0.134. The molecule has 0 bridgehead atoms. The van der Waals surface area contributed by atoms with E-state index in [0.717, 1.165) is 22.4 Å². The Morgan fingerprint density at radius 1 is 1.00 bits per heavy atom. The molecule has 4 heteroatoms. The van der Waals surface area contributed by atoms with E-state index in [0.29, 0.717) is 11.8 Å². The van der Waals surface area contributed by atoms with Gasteiger partial charge >= 0.3 is 5.97 Å². The summed E-state index contributed by atoms with van der Waals surface area (Å²) in [5.41, 5.74) is 6.74. The van der Waals surface area contributed by atoms with Crippen molar-refractivity contribution in [1.82, 2.24) is 0 Å². The number of rotatable bonds is 6. The van der Waals surface area contributed by atoms with E-state index in [4.69, 9.17) is 9.47 Å². The number of methoxy groups -OCH3 is 2. The van der Waals surface area contributed by atoms with Crippen LogP contribution in [0.1, 0.15) is 63.1 Å². The Labute approximate surface area is 183 Å². The molecule has 0 N–H and O–H groups in total. The van der Waals surface area contributed by atoms with Gasteiger partial charge in [0.1, 0.15) is 5.75 Å². The van der Waals surface area contributed by atoms with Gasteiger partial charge in [0.25, 0.3) is 0 Å². The summed E-state index contributed by atoms with van der Waals surface area (Å²) in [6, 6.07) is 10.9. The van der Waals surface area contributed by atoms with Crippen molar-refractivity contribution in [3.05, 3.63) is 58.5 Å². The van der Waals surface area contributed by atoms with Gasteiger partial charge in [-0.25, -0.2) is 4.79 Å². The molecule has 158 valence electrons. The second-order valence-electron chi connectivity index (χ2n) is 8.21. The van der Waals surface area contributed by atoms with Crippen LogP contribution in [-0.4, -0.2) is 20.2 Å². The van der Waals surface area contributed by atoms with Crippen LogP contribution < -0.4 is 4.74 Å². The molecule has 0 spiro atoms. The molecule has 0 aliphatic rings. The van der Waals surface area contributed by atoms with Gasteiger partial charge in [-0.3, -0.25) is 0 Å². The average Bonchev–Trinajstić information content (AvgIpc) is 3.15. The summed E-state index contributed by atoms with van der Waals surface area (Å²) in [5.74, 6) is 1.40. The number of esters is 1. The highest BCUT2D eigenvalue weighted by Crippen LogP contribution is 2.44. The van der Waals surface area contributed by atoms with E-state index in [1.54, 1.807) is 18.4 Å². The van der Waals surface area contributed by atoms with Crippen LogP contribution in [-0.2, 0) is 9.53 Å². The summed E-state index contributed by atoms with van der Waals surface area (Å²) in [6.45, 7) is 10.8. The van der Waals surface area contributed by atoms with Crippen molar-refractivity contribution >= 4 is 33.0 Å². The lowest BCUT2D eigenvalue weighted by Crippen LogP contribution is -2.00. The van der Waals surface area contributed by atoms with Gasteiger partial charge in [-0.2, -0.15) is 0 Å². The van der Waals surface area contributed by atoms with Crippen LogP contribution in [0.3, 0.4) is 0 Å². The van der Waals surface area contributed by atoms with Gasteiger partial charge in [-0.1, -0.05) is 39.8 Å². The smallest absolute Gasteiger partial charge is 0.330 e. The quantitative estimate of drug-likeness (QED) is 0.307. The Morgan fingerprint density at radius 2 is 1.73 bits per heavy atom. The van der Waals surface area contributed by atoms with E-state index in [2.05, 4.69) is 63.4 Å². The van der Waals surface area contributed by atoms with Crippen LogP contribution in [0.5, 0.6) is 5.75 Å². The molecule has 2 aromatic carbocycles. The molecule has 0 radical (unpaired) electrons. The number of ether oxygens (including phenoxy) is 2. The maximum absolute atomic E-state index is 11.7. The van der Waals surface area contributed by atoms with E-state index in [1.165, 1.54) is 40.0 Å². The second-order valence-corrected chi connectivity index (χ2v) is 9.12. The summed E-state index contributed by atoms with van der Waals surface area (Å²) in [5, 5.41) is 3.38. The minimum atomic E-state index is -0.342. The zero-order chi connectivity index (χ0) is 22.0. The molecule has 30 heavy (non-hydrogen) atoms. The molecule has 0 amide bonds. The zero-order valence-corrected chi connectivity index (χ0v) is 19.6. The summed E-state index contributed by atoms with van der Waals surface area (Å²) in [4.78, 5) is 11.7. The summed E-state index contributed by atoms with van der Waals surface area (Å²) in [7, 11) is 3.15. The molecule has 3 rings (SSSR count). The molecular weight excluding hydrogens is 392 g/mol. The van der Waals surface area contributed by atoms with Crippen LogP contribution in [0, 0.1) is 0 Å². The highest BCUT2D eigenvalue weighted by atomic mass is 32.1. The molecule has 0 unspecified atom stereocenters. The number of thiophene rings is 1. The Kier molecular flexibility index (Phi) is 6.67. The monoisotopic (exact) mass is 422 g/mol. The maximum Gasteiger partial charge on any atom is 0.330 e. The van der Waals surface area contributed by atoms with E-state index in [9.17, 15) is 4.79 Å². The maximum atomic E-state index is 11.7. The minimum Gasteiger partial charge on any atom is -0.496 e. The van der Waals surface area contributed by atoms with E-state index < -0.39 is 0 Å². The number of hydrogen-bond donors (Lipinski definition) is 0. The Bertz CT molecular complexity index is 1100. The largest absolute Gasteiger partial charge is 0.496 e. The van der Waals surface area contributed by atoms with Crippen molar-refractivity contribution in [2.24, 2.45) is 0 Å². The van der Waals surface area contributed by atoms with Gasteiger partial charge in [-0.05, 0) is 64.6 Å². The molecule has 3 nitrogen and oxygen atoms in total. The van der Waals surface area contributed by atoms with Crippen molar-refractivity contribution in [2.75, 3.05) is 14.2 Å². The Hall–Kier alpha value is -2.59. The SMILES string of the molecule is COC(=O)C=C(C)c1ccc2scc(-c3cc(C(C)C)cc(C(C)C)c3OC)c2c1. The van der Waals surface area contributed by atoms with Crippen LogP contribution in [0.25, 0.3) is 26.8 Å². The molecule has 3 aromatic rings. The summed E-state index contributed by atoms with van der Waals surface area (Å²) in [6.07, 6.45) is 1.53. The minimum absolute atomic E-state index is 0.342. The number of carbonyl (C=O) groups is 1.